The second-order valence-corrected chi connectivity index (χ2v) is 9.62. The molecule has 0 atom stereocenters. The maximum Gasteiger partial charge on any atom is 0.271 e. The van der Waals surface area contributed by atoms with Gasteiger partial charge in [0.2, 0.25) is 11.9 Å². The monoisotopic (exact) mass is 513 g/mol. The normalized spacial score (nSPS) is 11.0. The Morgan fingerprint density at radius 1 is 0.829 bits per heavy atom. The van der Waals surface area contributed by atoms with Crippen LogP contribution in [0.3, 0.4) is 0 Å². The maximum absolute atomic E-state index is 13.4. The molecule has 3 aromatic rings. The minimum absolute atomic E-state index is 0.0696. The zero-order valence-electron chi connectivity index (χ0n) is 19.0. The van der Waals surface area contributed by atoms with Crippen LogP contribution in [-0.4, -0.2) is 49.0 Å². The zero-order chi connectivity index (χ0) is 25.1. The number of thiol groups is 1. The van der Waals surface area contributed by atoms with Crippen molar-refractivity contribution in [2.24, 2.45) is 0 Å². The Kier molecular flexibility index (Phi) is 9.62. The fourth-order valence-electron chi connectivity index (χ4n) is 3.18. The van der Waals surface area contributed by atoms with Crippen LogP contribution in [0.4, 0.5) is 11.6 Å². The molecule has 184 valence electrons. The summed E-state index contributed by atoms with van der Waals surface area (Å²) in [4.78, 5) is 32.0. The van der Waals surface area contributed by atoms with Crippen molar-refractivity contribution in [1.29, 1.82) is 0 Å². The van der Waals surface area contributed by atoms with Gasteiger partial charge in [-0.25, -0.2) is 22.7 Å². The summed E-state index contributed by atoms with van der Waals surface area (Å²) in [6, 6.07) is 16.5. The smallest absolute Gasteiger partial charge is 0.271 e. The molecule has 0 fully saturated rings. The van der Waals surface area contributed by atoms with Crippen LogP contribution in [0.2, 0.25) is 0 Å². The molecule has 0 unspecified atom stereocenters. The van der Waals surface area contributed by atoms with E-state index in [0.29, 0.717) is 18.8 Å². The van der Waals surface area contributed by atoms with Crippen molar-refractivity contribution in [3.8, 4) is 0 Å². The molecule has 3 rings (SSSR count). The van der Waals surface area contributed by atoms with E-state index >= 15 is 0 Å². The lowest BCUT2D eigenvalue weighted by Gasteiger charge is -2.22. The second kappa shape index (κ2) is 12.9. The standard InChI is InChI=1S/C24H27N5O4S2/c30-22(18-34)25-14-8-3-9-15-26-23(31)19-16-27-24(28-17-19)29(20-10-4-1-5-11-20)35(32,33)21-12-6-2-7-13-21/h1-2,4-7,10-13,16-17,34H,3,8-9,14-15,18H2,(H,25,30)(H,26,31). The molecule has 0 saturated heterocycles. The van der Waals surface area contributed by atoms with Gasteiger partial charge in [-0.15, -0.1) is 0 Å². The van der Waals surface area contributed by atoms with Crippen molar-refractivity contribution in [3.05, 3.63) is 78.6 Å². The number of sulfonamides is 1. The van der Waals surface area contributed by atoms with Gasteiger partial charge in [0.1, 0.15) is 0 Å². The highest BCUT2D eigenvalue weighted by atomic mass is 32.2. The summed E-state index contributed by atoms with van der Waals surface area (Å²) >= 11 is 3.90. The molecule has 0 aliphatic heterocycles. The van der Waals surface area contributed by atoms with Gasteiger partial charge >= 0.3 is 0 Å². The van der Waals surface area contributed by atoms with Crippen molar-refractivity contribution in [2.45, 2.75) is 24.2 Å². The summed E-state index contributed by atoms with van der Waals surface area (Å²) in [7, 11) is -4.00. The molecule has 0 aliphatic rings. The average Bonchev–Trinajstić information content (AvgIpc) is 2.89. The highest BCUT2D eigenvalue weighted by Crippen LogP contribution is 2.29. The number of nitrogens with one attached hydrogen (secondary N) is 2. The fourth-order valence-corrected chi connectivity index (χ4v) is 4.71. The molecule has 0 aliphatic carbocycles. The van der Waals surface area contributed by atoms with E-state index in [9.17, 15) is 18.0 Å². The Morgan fingerprint density at radius 3 is 2.00 bits per heavy atom. The Hall–Kier alpha value is -3.44. The minimum Gasteiger partial charge on any atom is -0.355 e. The lowest BCUT2D eigenvalue weighted by atomic mass is 10.2. The van der Waals surface area contributed by atoms with Crippen LogP contribution < -0.4 is 14.9 Å². The molecule has 9 nitrogen and oxygen atoms in total. The molecule has 2 N–H and O–H groups in total. The van der Waals surface area contributed by atoms with Crippen LogP contribution in [0.25, 0.3) is 0 Å². The molecule has 2 amide bonds. The van der Waals surface area contributed by atoms with Crippen LogP contribution in [0.1, 0.15) is 29.6 Å². The molecule has 35 heavy (non-hydrogen) atoms. The third kappa shape index (κ3) is 7.27. The van der Waals surface area contributed by atoms with Gasteiger partial charge in [0.25, 0.3) is 15.9 Å². The van der Waals surface area contributed by atoms with Gasteiger partial charge in [0.05, 0.1) is 21.9 Å². The Balaban J connectivity index is 1.66. The lowest BCUT2D eigenvalue weighted by molar-refractivity contribution is -0.118. The largest absolute Gasteiger partial charge is 0.355 e. The number of amides is 2. The van der Waals surface area contributed by atoms with Crippen LogP contribution >= 0.6 is 12.6 Å². The van der Waals surface area contributed by atoms with Crippen molar-refractivity contribution in [2.75, 3.05) is 23.1 Å². The molecule has 1 aromatic heterocycles. The summed E-state index contributed by atoms with van der Waals surface area (Å²) in [5.41, 5.74) is 0.596. The van der Waals surface area contributed by atoms with E-state index in [2.05, 4.69) is 33.2 Å². The third-order valence-electron chi connectivity index (χ3n) is 4.96. The van der Waals surface area contributed by atoms with Gasteiger partial charge in [-0.1, -0.05) is 36.4 Å². The quantitative estimate of drug-likeness (QED) is 0.253. The van der Waals surface area contributed by atoms with E-state index in [1.165, 1.54) is 24.5 Å². The van der Waals surface area contributed by atoms with E-state index < -0.39 is 10.0 Å². The molecule has 2 aromatic carbocycles. The van der Waals surface area contributed by atoms with Gasteiger partial charge in [0.15, 0.2) is 0 Å². The molecular weight excluding hydrogens is 486 g/mol. The topological polar surface area (TPSA) is 121 Å². The maximum atomic E-state index is 13.4. The first-order valence-corrected chi connectivity index (χ1v) is 13.1. The van der Waals surface area contributed by atoms with Crippen LogP contribution in [-0.2, 0) is 14.8 Å². The number of aromatic nitrogens is 2. The van der Waals surface area contributed by atoms with E-state index in [1.54, 1.807) is 48.5 Å². The minimum atomic E-state index is -4.00. The Bertz CT molecular complexity index is 1210. The molecule has 11 heteroatoms. The molecule has 0 saturated carbocycles. The molecular formula is C24H27N5O4S2. The summed E-state index contributed by atoms with van der Waals surface area (Å²) < 4.78 is 27.8. The number of anilines is 2. The summed E-state index contributed by atoms with van der Waals surface area (Å²) in [5, 5.41) is 5.53. The first-order chi connectivity index (χ1) is 16.9. The zero-order valence-corrected chi connectivity index (χ0v) is 20.7. The number of benzene rings is 2. The number of carbonyl (C=O) groups excluding carboxylic acids is 2. The Morgan fingerprint density at radius 2 is 1.40 bits per heavy atom. The van der Waals surface area contributed by atoms with E-state index in [-0.39, 0.29) is 34.0 Å². The fraction of sp³-hybridized carbons (Fsp3) is 0.250. The highest BCUT2D eigenvalue weighted by Gasteiger charge is 2.28. The molecule has 0 spiro atoms. The van der Waals surface area contributed by atoms with Gasteiger partial charge in [-0.2, -0.15) is 12.6 Å². The highest BCUT2D eigenvalue weighted by molar-refractivity contribution is 7.93. The van der Waals surface area contributed by atoms with E-state index in [0.717, 1.165) is 23.6 Å². The first-order valence-electron chi connectivity index (χ1n) is 11.1. The number of hydrogen-bond donors (Lipinski definition) is 3. The number of nitrogens with zero attached hydrogens (tertiary/aromatic N) is 3. The predicted molar refractivity (Wildman–Crippen MR) is 137 cm³/mol. The second-order valence-electron chi connectivity index (χ2n) is 7.51. The number of para-hydroxylation sites is 1. The van der Waals surface area contributed by atoms with Crippen molar-refractivity contribution in [1.82, 2.24) is 20.6 Å². The number of rotatable bonds is 12. The molecule has 0 radical (unpaired) electrons. The number of carbonyl (C=O) groups is 2. The lowest BCUT2D eigenvalue weighted by Crippen LogP contribution is -2.29. The SMILES string of the molecule is O=C(CS)NCCCCCNC(=O)c1cnc(N(c2ccccc2)S(=O)(=O)c2ccccc2)nc1. The summed E-state index contributed by atoms with van der Waals surface area (Å²) in [6.07, 6.45) is 5.01. The number of hydrogen-bond acceptors (Lipinski definition) is 7. The van der Waals surface area contributed by atoms with Crippen molar-refractivity contribution in [3.63, 3.8) is 0 Å². The van der Waals surface area contributed by atoms with E-state index in [4.69, 9.17) is 0 Å². The average molecular weight is 514 g/mol. The van der Waals surface area contributed by atoms with E-state index in [1.807, 2.05) is 0 Å². The van der Waals surface area contributed by atoms with Crippen LogP contribution in [0.5, 0.6) is 0 Å². The van der Waals surface area contributed by atoms with Crippen molar-refractivity contribution < 1.29 is 18.0 Å². The summed E-state index contributed by atoms with van der Waals surface area (Å²) in [6.45, 7) is 1.03. The molecule has 0 bridgehead atoms. The van der Waals surface area contributed by atoms with Gasteiger partial charge < -0.3 is 10.6 Å². The summed E-state index contributed by atoms with van der Waals surface area (Å²) in [5.74, 6) is -0.359. The predicted octanol–water partition coefficient (Wildman–Crippen LogP) is 2.95. The Labute approximate surface area is 210 Å². The van der Waals surface area contributed by atoms with Gasteiger partial charge in [-0.3, -0.25) is 9.59 Å². The van der Waals surface area contributed by atoms with Gasteiger partial charge in [-0.05, 0) is 43.5 Å². The van der Waals surface area contributed by atoms with Crippen molar-refractivity contribution >= 4 is 46.1 Å². The van der Waals surface area contributed by atoms with Crippen LogP contribution in [0, 0.1) is 0 Å². The first kappa shape index (κ1) is 26.2. The number of unbranched alkanes of at least 4 members (excludes halogenated alkanes) is 2. The molecule has 1 heterocycles. The van der Waals surface area contributed by atoms with Gasteiger partial charge in [0, 0.05) is 25.5 Å². The third-order valence-corrected chi connectivity index (χ3v) is 6.97. The van der Waals surface area contributed by atoms with Crippen LogP contribution in [0.15, 0.2) is 78.0 Å².